The highest BCUT2D eigenvalue weighted by Gasteiger charge is 2.43. The zero-order chi connectivity index (χ0) is 16.2. The van der Waals surface area contributed by atoms with Gasteiger partial charge in [0.15, 0.2) is 0 Å². The Morgan fingerprint density at radius 1 is 1.19 bits per heavy atom. The van der Waals surface area contributed by atoms with Crippen LogP contribution in [0.15, 0.2) is 0 Å². The minimum atomic E-state index is -4.18. The first kappa shape index (κ1) is 17.8. The van der Waals surface area contributed by atoms with Crippen LogP contribution in [0.4, 0.5) is 13.2 Å². The van der Waals surface area contributed by atoms with Crippen molar-refractivity contribution in [2.75, 3.05) is 13.7 Å². The van der Waals surface area contributed by atoms with Gasteiger partial charge in [-0.05, 0) is 39.5 Å². The molecule has 0 spiro atoms. The van der Waals surface area contributed by atoms with Crippen LogP contribution in [0.2, 0.25) is 0 Å². The molecule has 1 fully saturated rings. The van der Waals surface area contributed by atoms with E-state index in [1.807, 2.05) is 0 Å². The van der Waals surface area contributed by atoms with Gasteiger partial charge >= 0.3 is 12.1 Å². The minimum Gasteiger partial charge on any atom is -0.468 e. The number of amides is 1. The van der Waals surface area contributed by atoms with Gasteiger partial charge in [0, 0.05) is 12.0 Å². The van der Waals surface area contributed by atoms with Crippen molar-refractivity contribution in [3.8, 4) is 0 Å². The molecule has 0 saturated heterocycles. The van der Waals surface area contributed by atoms with Gasteiger partial charge in [-0.25, -0.2) is 0 Å². The maximum atomic E-state index is 12.6. The van der Waals surface area contributed by atoms with E-state index < -0.39 is 24.0 Å². The van der Waals surface area contributed by atoms with Gasteiger partial charge in [0.1, 0.15) is 6.54 Å². The van der Waals surface area contributed by atoms with E-state index in [0.717, 1.165) is 0 Å². The van der Waals surface area contributed by atoms with Crippen LogP contribution in [0, 0.1) is 11.8 Å². The predicted molar refractivity (Wildman–Crippen MR) is 70.4 cm³/mol. The second-order valence-corrected chi connectivity index (χ2v) is 5.73. The highest BCUT2D eigenvalue weighted by molar-refractivity contribution is 5.84. The summed E-state index contributed by atoms with van der Waals surface area (Å²) >= 11 is 0. The van der Waals surface area contributed by atoms with Gasteiger partial charge in [-0.3, -0.25) is 9.59 Å². The summed E-state index contributed by atoms with van der Waals surface area (Å²) in [7, 11) is 1.24. The fourth-order valence-electron chi connectivity index (χ4n) is 2.62. The molecule has 0 heterocycles. The smallest absolute Gasteiger partial charge is 0.391 e. The van der Waals surface area contributed by atoms with Crippen molar-refractivity contribution in [3.63, 3.8) is 0 Å². The van der Waals surface area contributed by atoms with Crippen LogP contribution in [-0.4, -0.2) is 42.6 Å². The number of rotatable bonds is 4. The molecule has 0 aromatic heterocycles. The van der Waals surface area contributed by atoms with Gasteiger partial charge in [-0.15, -0.1) is 0 Å². The number of carbonyl (C=O) groups excluding carboxylic acids is 2. The van der Waals surface area contributed by atoms with Crippen molar-refractivity contribution in [2.24, 2.45) is 11.8 Å². The van der Waals surface area contributed by atoms with Gasteiger partial charge in [0.2, 0.25) is 5.91 Å². The van der Waals surface area contributed by atoms with Crippen molar-refractivity contribution < 1.29 is 27.5 Å². The lowest BCUT2D eigenvalue weighted by Gasteiger charge is -2.34. The quantitative estimate of drug-likeness (QED) is 0.750. The Balaban J connectivity index is 2.64. The fourth-order valence-corrected chi connectivity index (χ4v) is 2.62. The van der Waals surface area contributed by atoms with E-state index in [2.05, 4.69) is 4.74 Å². The van der Waals surface area contributed by atoms with Crippen molar-refractivity contribution in [1.82, 2.24) is 4.90 Å². The maximum absolute atomic E-state index is 12.6. The monoisotopic (exact) mass is 309 g/mol. The van der Waals surface area contributed by atoms with Gasteiger partial charge in [0.25, 0.3) is 0 Å². The largest absolute Gasteiger partial charge is 0.468 e. The fraction of sp³-hybridized carbons (Fsp3) is 0.857. The van der Waals surface area contributed by atoms with E-state index in [1.54, 1.807) is 13.8 Å². The number of esters is 1. The molecule has 0 radical (unpaired) electrons. The molecule has 1 amide bonds. The summed E-state index contributed by atoms with van der Waals surface area (Å²) in [6.45, 7) is 3.37. The molecule has 122 valence electrons. The lowest BCUT2D eigenvalue weighted by molar-refractivity contribution is -0.185. The van der Waals surface area contributed by atoms with Gasteiger partial charge in [0.05, 0.1) is 13.0 Å². The zero-order valence-electron chi connectivity index (χ0n) is 12.6. The molecular formula is C14H22F3NO3. The number of methoxy groups -OCH3 is 1. The Hall–Kier alpha value is -1.27. The number of ether oxygens (including phenoxy) is 1. The van der Waals surface area contributed by atoms with Crippen LogP contribution >= 0.6 is 0 Å². The van der Waals surface area contributed by atoms with E-state index in [-0.39, 0.29) is 44.2 Å². The molecule has 0 N–H and O–H groups in total. The Morgan fingerprint density at radius 2 is 1.71 bits per heavy atom. The van der Waals surface area contributed by atoms with Crippen molar-refractivity contribution in [2.45, 2.75) is 51.7 Å². The first-order valence-electron chi connectivity index (χ1n) is 7.10. The van der Waals surface area contributed by atoms with Crippen LogP contribution in [0.5, 0.6) is 0 Å². The summed E-state index contributed by atoms with van der Waals surface area (Å²) in [5, 5.41) is 0. The van der Waals surface area contributed by atoms with Crippen LogP contribution in [-0.2, 0) is 14.3 Å². The first-order valence-corrected chi connectivity index (χ1v) is 7.10. The van der Waals surface area contributed by atoms with E-state index in [9.17, 15) is 22.8 Å². The molecule has 0 aliphatic heterocycles. The lowest BCUT2D eigenvalue weighted by atomic mass is 9.81. The highest BCUT2D eigenvalue weighted by atomic mass is 19.4. The predicted octanol–water partition coefficient (Wildman–Crippen LogP) is 2.77. The number of nitrogens with zero attached hydrogens (tertiary/aromatic N) is 1. The van der Waals surface area contributed by atoms with Crippen LogP contribution in [0.25, 0.3) is 0 Å². The molecule has 1 saturated carbocycles. The van der Waals surface area contributed by atoms with E-state index >= 15 is 0 Å². The second kappa shape index (κ2) is 7.13. The molecule has 1 aliphatic carbocycles. The lowest BCUT2D eigenvalue weighted by Crippen LogP contribution is -2.45. The summed E-state index contributed by atoms with van der Waals surface area (Å²) in [5.74, 6) is -2.53. The third-order valence-corrected chi connectivity index (χ3v) is 3.97. The molecule has 0 bridgehead atoms. The van der Waals surface area contributed by atoms with Gasteiger partial charge < -0.3 is 9.64 Å². The van der Waals surface area contributed by atoms with Crippen LogP contribution < -0.4 is 0 Å². The number of alkyl halides is 3. The van der Waals surface area contributed by atoms with Gasteiger partial charge in [-0.2, -0.15) is 13.2 Å². The molecule has 1 rings (SSSR count). The van der Waals surface area contributed by atoms with Crippen LogP contribution in [0.1, 0.15) is 39.5 Å². The number of halogens is 3. The molecule has 0 aromatic carbocycles. The summed E-state index contributed by atoms with van der Waals surface area (Å²) in [6.07, 6.45) is -3.80. The summed E-state index contributed by atoms with van der Waals surface area (Å²) < 4.78 is 42.4. The standard InChI is InChI=1S/C14H22F3NO3/c1-9(2)18(8-12(19)21-3)13(20)10-4-6-11(7-5-10)14(15,16)17/h9-11H,4-8H2,1-3H3. The SMILES string of the molecule is COC(=O)CN(C(=O)C1CCC(C(F)(F)F)CC1)C(C)C. The number of carbonyl (C=O) groups is 2. The average molecular weight is 309 g/mol. The van der Waals surface area contributed by atoms with Crippen molar-refractivity contribution >= 4 is 11.9 Å². The molecule has 0 unspecified atom stereocenters. The van der Waals surface area contributed by atoms with Gasteiger partial charge in [-0.1, -0.05) is 0 Å². The number of hydrogen-bond donors (Lipinski definition) is 0. The topological polar surface area (TPSA) is 46.6 Å². The summed E-state index contributed by atoms with van der Waals surface area (Å²) in [5.41, 5.74) is 0. The van der Waals surface area contributed by atoms with Crippen molar-refractivity contribution in [3.05, 3.63) is 0 Å². The van der Waals surface area contributed by atoms with E-state index in [0.29, 0.717) is 0 Å². The van der Waals surface area contributed by atoms with Crippen LogP contribution in [0.3, 0.4) is 0 Å². The molecule has 21 heavy (non-hydrogen) atoms. The van der Waals surface area contributed by atoms with E-state index in [4.69, 9.17) is 0 Å². The molecule has 4 nitrogen and oxygen atoms in total. The third kappa shape index (κ3) is 4.89. The summed E-state index contributed by atoms with van der Waals surface area (Å²) in [6, 6.07) is -0.197. The molecule has 0 atom stereocenters. The Bertz CT molecular complexity index is 374. The number of hydrogen-bond acceptors (Lipinski definition) is 3. The molecule has 7 heteroatoms. The summed E-state index contributed by atoms with van der Waals surface area (Å²) in [4.78, 5) is 25.1. The minimum absolute atomic E-state index is 0.0237. The molecular weight excluding hydrogens is 287 g/mol. The Morgan fingerprint density at radius 3 is 2.10 bits per heavy atom. The Kier molecular flexibility index (Phi) is 6.04. The Labute approximate surface area is 122 Å². The first-order chi connectivity index (χ1) is 9.66. The van der Waals surface area contributed by atoms with Crippen molar-refractivity contribution in [1.29, 1.82) is 0 Å². The maximum Gasteiger partial charge on any atom is 0.391 e. The average Bonchev–Trinajstić information content (AvgIpc) is 2.42. The van der Waals surface area contributed by atoms with E-state index in [1.165, 1.54) is 12.0 Å². The molecule has 1 aliphatic rings. The second-order valence-electron chi connectivity index (χ2n) is 5.73. The third-order valence-electron chi connectivity index (χ3n) is 3.97. The molecule has 0 aromatic rings. The normalized spacial score (nSPS) is 23.0. The zero-order valence-corrected chi connectivity index (χ0v) is 12.6. The highest BCUT2D eigenvalue weighted by Crippen LogP contribution is 2.40.